The summed E-state index contributed by atoms with van der Waals surface area (Å²) in [5, 5.41) is 1.99. The standard InChI is InChI=1S/C6H4ClFN2/c7-4-1-2-6(10-9)5(8)3-4/h1-3,10H. The van der Waals surface area contributed by atoms with Crippen molar-refractivity contribution >= 4 is 17.3 Å². The minimum absolute atomic E-state index is 0.0180. The summed E-state index contributed by atoms with van der Waals surface area (Å²) in [6.45, 7) is 0. The fraction of sp³-hybridized carbons (Fsp3) is 0. The van der Waals surface area contributed by atoms with Crippen LogP contribution in [0.15, 0.2) is 18.2 Å². The van der Waals surface area contributed by atoms with Crippen LogP contribution in [0.4, 0.5) is 10.1 Å². The molecule has 0 aliphatic carbocycles. The highest BCUT2D eigenvalue weighted by atomic mass is 35.5. The Balaban J connectivity index is 3.19. The largest absolute Gasteiger partial charge is 0.502 e. The second-order valence-electron chi connectivity index (χ2n) is 1.74. The van der Waals surface area contributed by atoms with Crippen molar-refractivity contribution in [3.63, 3.8) is 0 Å². The number of nitrogens with zero attached hydrogens (tertiary/aromatic N) is 1. The molecule has 1 aromatic carbocycles. The molecule has 0 heterocycles. The summed E-state index contributed by atoms with van der Waals surface area (Å²) in [5.41, 5.74) is 8.29. The van der Waals surface area contributed by atoms with Crippen LogP contribution >= 0.6 is 11.6 Å². The van der Waals surface area contributed by atoms with Gasteiger partial charge in [-0.3, -0.25) is 5.11 Å². The van der Waals surface area contributed by atoms with E-state index in [1.54, 1.807) is 5.11 Å². The third kappa shape index (κ3) is 1.30. The minimum Gasteiger partial charge on any atom is -0.502 e. The van der Waals surface area contributed by atoms with Gasteiger partial charge in [0.2, 0.25) is 5.69 Å². The summed E-state index contributed by atoms with van der Waals surface area (Å²) in [7, 11) is 0. The molecule has 0 spiro atoms. The highest BCUT2D eigenvalue weighted by Gasteiger charge is 2.02. The Bertz CT molecular complexity index is 262. The van der Waals surface area contributed by atoms with Gasteiger partial charge in [0.1, 0.15) is 0 Å². The maximum absolute atomic E-state index is 12.5. The van der Waals surface area contributed by atoms with Crippen LogP contribution in [0.3, 0.4) is 0 Å². The van der Waals surface area contributed by atoms with Crippen LogP contribution < -0.4 is 5.11 Å². The zero-order valence-corrected chi connectivity index (χ0v) is 5.69. The zero-order valence-electron chi connectivity index (χ0n) is 4.94. The molecule has 1 N–H and O–H groups in total. The van der Waals surface area contributed by atoms with E-state index in [1.165, 1.54) is 12.1 Å². The maximum atomic E-state index is 12.5. The van der Waals surface area contributed by atoms with Crippen molar-refractivity contribution in [2.45, 2.75) is 0 Å². The number of halogens is 2. The van der Waals surface area contributed by atoms with Gasteiger partial charge in [0.05, 0.1) is 0 Å². The van der Waals surface area contributed by atoms with Crippen LogP contribution in [-0.4, -0.2) is 0 Å². The summed E-state index contributed by atoms with van der Waals surface area (Å²) in [5.74, 6) is -0.574. The Morgan fingerprint density at radius 1 is 1.50 bits per heavy atom. The number of hydrogen-bond donors (Lipinski definition) is 1. The Morgan fingerprint density at radius 3 is 2.70 bits per heavy atom. The van der Waals surface area contributed by atoms with E-state index in [2.05, 4.69) is 0 Å². The molecule has 0 amide bonds. The molecule has 0 aliphatic heterocycles. The first-order chi connectivity index (χ1) is 4.74. The average molecular weight is 159 g/mol. The second-order valence-corrected chi connectivity index (χ2v) is 2.17. The van der Waals surface area contributed by atoms with Crippen LogP contribution in [0.2, 0.25) is 5.02 Å². The lowest BCUT2D eigenvalue weighted by Crippen LogP contribution is -2.55. The van der Waals surface area contributed by atoms with Gasteiger partial charge in [0.15, 0.2) is 5.82 Å². The molecule has 4 heteroatoms. The molecule has 0 aromatic heterocycles. The molecule has 0 radical (unpaired) electrons. The predicted octanol–water partition coefficient (Wildman–Crippen LogP) is 1.21. The van der Waals surface area contributed by atoms with Crippen molar-refractivity contribution < 1.29 is 9.50 Å². The van der Waals surface area contributed by atoms with E-state index in [1.807, 2.05) is 0 Å². The molecule has 0 fully saturated rings. The summed E-state index contributed by atoms with van der Waals surface area (Å²) in [4.78, 5) is 0. The van der Waals surface area contributed by atoms with Crippen LogP contribution in [0.25, 0.3) is 5.53 Å². The molecule has 0 atom stereocenters. The molecular formula is C6H4ClFN2. The van der Waals surface area contributed by atoms with Gasteiger partial charge < -0.3 is 5.53 Å². The first-order valence-electron chi connectivity index (χ1n) is 2.59. The predicted molar refractivity (Wildman–Crippen MR) is 35.4 cm³/mol. The van der Waals surface area contributed by atoms with Gasteiger partial charge in [-0.25, -0.2) is 0 Å². The van der Waals surface area contributed by atoms with E-state index in [4.69, 9.17) is 17.1 Å². The number of rotatable bonds is 1. The number of hydrogen-bond acceptors (Lipinski definition) is 0. The summed E-state index contributed by atoms with van der Waals surface area (Å²) in [6.07, 6.45) is 0. The smallest absolute Gasteiger partial charge is 0.228 e. The van der Waals surface area contributed by atoms with E-state index in [0.717, 1.165) is 6.07 Å². The average Bonchev–Trinajstić information content (AvgIpc) is 1.88. The SMILES string of the molecule is [N-]=[NH+]c1ccc(Cl)cc1F. The van der Waals surface area contributed by atoms with Crippen molar-refractivity contribution in [2.24, 2.45) is 0 Å². The van der Waals surface area contributed by atoms with Gasteiger partial charge in [-0.1, -0.05) is 11.6 Å². The first kappa shape index (κ1) is 7.15. The Labute approximate surface area is 62.1 Å². The molecule has 52 valence electrons. The quantitative estimate of drug-likeness (QED) is 0.597. The van der Waals surface area contributed by atoms with E-state index >= 15 is 0 Å². The fourth-order valence-corrected chi connectivity index (χ4v) is 0.739. The lowest BCUT2D eigenvalue weighted by Gasteiger charge is -1.91. The monoisotopic (exact) mass is 158 g/mol. The van der Waals surface area contributed by atoms with Crippen LogP contribution in [0, 0.1) is 5.82 Å². The van der Waals surface area contributed by atoms with Crippen molar-refractivity contribution in [2.75, 3.05) is 0 Å². The lowest BCUT2D eigenvalue weighted by molar-refractivity contribution is -0.382. The molecule has 1 aromatic rings. The Kier molecular flexibility index (Phi) is 1.97. The molecule has 0 saturated heterocycles. The highest BCUT2D eigenvalue weighted by Crippen LogP contribution is 2.14. The normalized spacial score (nSPS) is 9.40. The fourth-order valence-electron chi connectivity index (χ4n) is 0.580. The maximum Gasteiger partial charge on any atom is 0.228 e. The number of benzene rings is 1. The molecule has 2 nitrogen and oxygen atoms in total. The van der Waals surface area contributed by atoms with E-state index in [-0.39, 0.29) is 5.69 Å². The molecule has 0 bridgehead atoms. The van der Waals surface area contributed by atoms with Gasteiger partial charge in [-0.15, -0.1) is 0 Å². The van der Waals surface area contributed by atoms with Gasteiger partial charge in [0, 0.05) is 11.1 Å². The van der Waals surface area contributed by atoms with Gasteiger partial charge in [-0.2, -0.15) is 4.39 Å². The third-order valence-electron chi connectivity index (χ3n) is 1.05. The van der Waals surface area contributed by atoms with Crippen molar-refractivity contribution in [3.05, 3.63) is 34.6 Å². The van der Waals surface area contributed by atoms with E-state index < -0.39 is 5.82 Å². The molecule has 10 heavy (non-hydrogen) atoms. The van der Waals surface area contributed by atoms with Crippen molar-refractivity contribution in [1.29, 1.82) is 0 Å². The van der Waals surface area contributed by atoms with Gasteiger partial charge >= 0.3 is 0 Å². The Hall–Kier alpha value is -0.960. The van der Waals surface area contributed by atoms with Crippen LogP contribution in [0.1, 0.15) is 0 Å². The molecular weight excluding hydrogens is 155 g/mol. The second kappa shape index (κ2) is 2.75. The lowest BCUT2D eigenvalue weighted by atomic mass is 10.3. The third-order valence-corrected chi connectivity index (χ3v) is 1.29. The summed E-state index contributed by atoms with van der Waals surface area (Å²) in [6, 6.07) is 3.93. The zero-order chi connectivity index (χ0) is 7.56. The van der Waals surface area contributed by atoms with Crippen molar-refractivity contribution in [1.82, 2.24) is 0 Å². The molecule has 0 unspecified atom stereocenters. The van der Waals surface area contributed by atoms with E-state index in [9.17, 15) is 4.39 Å². The number of nitrogens with one attached hydrogen (secondary N) is 1. The van der Waals surface area contributed by atoms with Crippen molar-refractivity contribution in [3.8, 4) is 0 Å². The molecule has 0 aliphatic rings. The molecule has 0 saturated carbocycles. The first-order valence-corrected chi connectivity index (χ1v) is 2.97. The Morgan fingerprint density at radius 2 is 2.20 bits per heavy atom. The summed E-state index contributed by atoms with van der Waals surface area (Å²) >= 11 is 5.42. The van der Waals surface area contributed by atoms with Crippen LogP contribution in [0.5, 0.6) is 0 Å². The van der Waals surface area contributed by atoms with Crippen LogP contribution in [-0.2, 0) is 0 Å². The minimum atomic E-state index is -0.574. The highest BCUT2D eigenvalue weighted by molar-refractivity contribution is 6.30. The van der Waals surface area contributed by atoms with Gasteiger partial charge in [0.25, 0.3) is 0 Å². The van der Waals surface area contributed by atoms with Gasteiger partial charge in [-0.05, 0) is 12.1 Å². The topological polar surface area (TPSA) is 36.3 Å². The van der Waals surface area contributed by atoms with E-state index in [0.29, 0.717) is 5.02 Å². The molecule has 1 rings (SSSR count). The summed E-state index contributed by atoms with van der Waals surface area (Å²) < 4.78 is 12.5.